The lowest BCUT2D eigenvalue weighted by atomic mass is 10.0. The average molecular weight is 270 g/mol. The van der Waals surface area contributed by atoms with Gasteiger partial charge >= 0.3 is 6.61 Å². The summed E-state index contributed by atoms with van der Waals surface area (Å²) in [5, 5.41) is 0. The molecule has 0 radical (unpaired) electrons. The molecular formula is C14H10F4O. The normalized spacial score (nSPS) is 10.8. The summed E-state index contributed by atoms with van der Waals surface area (Å²) >= 11 is 0. The van der Waals surface area contributed by atoms with Crippen LogP contribution in [-0.4, -0.2) is 6.61 Å². The van der Waals surface area contributed by atoms with E-state index < -0.39 is 19.1 Å². The van der Waals surface area contributed by atoms with E-state index >= 15 is 0 Å². The minimum Gasteiger partial charge on any atom is -0.435 e. The zero-order valence-electron chi connectivity index (χ0n) is 9.75. The molecule has 19 heavy (non-hydrogen) atoms. The molecule has 0 fully saturated rings. The van der Waals surface area contributed by atoms with Crippen LogP contribution in [0.5, 0.6) is 5.75 Å². The van der Waals surface area contributed by atoms with Crippen LogP contribution in [0.4, 0.5) is 17.6 Å². The molecule has 5 heteroatoms. The van der Waals surface area contributed by atoms with Gasteiger partial charge in [0.25, 0.3) is 0 Å². The van der Waals surface area contributed by atoms with Crippen molar-refractivity contribution in [2.45, 2.75) is 13.3 Å². The molecule has 0 atom stereocenters. The van der Waals surface area contributed by atoms with Gasteiger partial charge in [0.15, 0.2) is 0 Å². The molecule has 2 aromatic rings. The van der Waals surface area contributed by atoms with Gasteiger partial charge in [-0.25, -0.2) is 8.78 Å². The summed E-state index contributed by atoms with van der Waals surface area (Å²) in [6.07, 6.45) is 0. The fourth-order valence-electron chi connectivity index (χ4n) is 1.69. The smallest absolute Gasteiger partial charge is 0.387 e. The summed E-state index contributed by atoms with van der Waals surface area (Å²) in [6.45, 7) is -3.78. The molecule has 0 heterocycles. The van der Waals surface area contributed by atoms with Crippen molar-refractivity contribution < 1.29 is 22.3 Å². The fourth-order valence-corrected chi connectivity index (χ4v) is 1.69. The zero-order valence-corrected chi connectivity index (χ0v) is 9.75. The van der Waals surface area contributed by atoms with Gasteiger partial charge in [-0.3, -0.25) is 0 Å². The Kier molecular flexibility index (Phi) is 4.04. The Bertz CT molecular complexity index is 552. The molecule has 0 unspecified atom stereocenters. The van der Waals surface area contributed by atoms with Crippen LogP contribution < -0.4 is 4.74 Å². The molecule has 0 spiro atoms. The summed E-state index contributed by atoms with van der Waals surface area (Å²) in [5.41, 5.74) is 1.24. The largest absolute Gasteiger partial charge is 0.435 e. The quantitative estimate of drug-likeness (QED) is 0.740. The van der Waals surface area contributed by atoms with Gasteiger partial charge in [-0.2, -0.15) is 8.78 Å². The molecule has 0 N–H and O–H groups in total. The Morgan fingerprint density at radius 3 is 2.16 bits per heavy atom. The minimum absolute atomic E-state index is 0.0339. The van der Waals surface area contributed by atoms with Crippen molar-refractivity contribution in [3.05, 3.63) is 53.8 Å². The van der Waals surface area contributed by atoms with E-state index in [2.05, 4.69) is 4.74 Å². The van der Waals surface area contributed by atoms with E-state index in [1.807, 2.05) is 0 Å². The Morgan fingerprint density at radius 1 is 0.947 bits per heavy atom. The van der Waals surface area contributed by atoms with Gasteiger partial charge in [0.05, 0.1) is 0 Å². The minimum atomic E-state index is -2.88. The Balaban J connectivity index is 2.27. The van der Waals surface area contributed by atoms with Gasteiger partial charge in [0.1, 0.15) is 18.2 Å². The number of rotatable bonds is 4. The van der Waals surface area contributed by atoms with Crippen LogP contribution in [0, 0.1) is 5.82 Å². The van der Waals surface area contributed by atoms with Crippen molar-refractivity contribution in [3.63, 3.8) is 0 Å². The molecule has 2 rings (SSSR count). The number of halogens is 4. The van der Waals surface area contributed by atoms with Crippen molar-refractivity contribution in [3.8, 4) is 16.9 Å². The SMILES string of the molecule is FCc1cc(-c2ccc(OC(F)F)cc2)ccc1F. The van der Waals surface area contributed by atoms with E-state index in [0.717, 1.165) is 0 Å². The van der Waals surface area contributed by atoms with E-state index in [1.165, 1.54) is 30.3 Å². The first-order chi connectivity index (χ1) is 9.10. The highest BCUT2D eigenvalue weighted by Crippen LogP contribution is 2.25. The third-order valence-corrected chi connectivity index (χ3v) is 2.60. The molecule has 0 aromatic heterocycles. The van der Waals surface area contributed by atoms with Crippen molar-refractivity contribution in [2.24, 2.45) is 0 Å². The maximum absolute atomic E-state index is 13.1. The summed E-state index contributed by atoms with van der Waals surface area (Å²) in [7, 11) is 0. The Morgan fingerprint density at radius 2 is 1.58 bits per heavy atom. The predicted molar refractivity (Wildman–Crippen MR) is 63.3 cm³/mol. The van der Waals surface area contributed by atoms with Crippen molar-refractivity contribution in [2.75, 3.05) is 0 Å². The van der Waals surface area contributed by atoms with Crippen molar-refractivity contribution >= 4 is 0 Å². The van der Waals surface area contributed by atoms with E-state index in [0.29, 0.717) is 11.1 Å². The molecule has 2 aromatic carbocycles. The average Bonchev–Trinajstić information content (AvgIpc) is 2.40. The second kappa shape index (κ2) is 5.73. The van der Waals surface area contributed by atoms with Crippen LogP contribution in [0.1, 0.15) is 5.56 Å². The Labute approximate surface area is 107 Å². The third kappa shape index (κ3) is 3.24. The summed E-state index contributed by atoms with van der Waals surface area (Å²) < 4.78 is 53.9. The van der Waals surface area contributed by atoms with E-state index in [4.69, 9.17) is 0 Å². The summed E-state index contributed by atoms with van der Waals surface area (Å²) in [4.78, 5) is 0. The third-order valence-electron chi connectivity index (χ3n) is 2.60. The molecule has 0 aliphatic heterocycles. The maximum atomic E-state index is 13.1. The highest BCUT2D eigenvalue weighted by Gasteiger charge is 2.07. The zero-order chi connectivity index (χ0) is 13.8. The van der Waals surface area contributed by atoms with Crippen LogP contribution in [0.2, 0.25) is 0 Å². The molecular weight excluding hydrogens is 260 g/mol. The molecule has 0 aliphatic carbocycles. The van der Waals surface area contributed by atoms with Gasteiger partial charge in [-0.05, 0) is 35.4 Å². The van der Waals surface area contributed by atoms with Crippen molar-refractivity contribution in [1.82, 2.24) is 0 Å². The molecule has 100 valence electrons. The van der Waals surface area contributed by atoms with E-state index in [1.54, 1.807) is 12.1 Å². The Hall–Kier alpha value is -2.04. The fraction of sp³-hybridized carbons (Fsp3) is 0.143. The maximum Gasteiger partial charge on any atom is 0.387 e. The number of alkyl halides is 3. The van der Waals surface area contributed by atoms with Crippen LogP contribution >= 0.6 is 0 Å². The lowest BCUT2D eigenvalue weighted by Gasteiger charge is -2.07. The van der Waals surface area contributed by atoms with Gasteiger partial charge in [-0.1, -0.05) is 18.2 Å². The van der Waals surface area contributed by atoms with Gasteiger partial charge in [0, 0.05) is 5.56 Å². The van der Waals surface area contributed by atoms with Crippen LogP contribution in [0.3, 0.4) is 0 Å². The predicted octanol–water partition coefficient (Wildman–Crippen LogP) is 4.56. The van der Waals surface area contributed by atoms with E-state index in [9.17, 15) is 17.6 Å². The van der Waals surface area contributed by atoms with Gasteiger partial charge in [0.2, 0.25) is 0 Å². The highest BCUT2D eigenvalue weighted by atomic mass is 19.3. The molecule has 0 aliphatic rings. The first-order valence-corrected chi connectivity index (χ1v) is 5.50. The topological polar surface area (TPSA) is 9.23 Å². The van der Waals surface area contributed by atoms with Crippen LogP contribution in [-0.2, 0) is 6.67 Å². The number of benzene rings is 2. The monoisotopic (exact) mass is 270 g/mol. The highest BCUT2D eigenvalue weighted by molar-refractivity contribution is 5.65. The standard InChI is InChI=1S/C14H10F4O/c15-8-11-7-10(3-6-13(11)16)9-1-4-12(5-2-9)19-14(17)18/h1-7,14H,8H2. The van der Waals surface area contributed by atoms with Crippen molar-refractivity contribution in [1.29, 1.82) is 0 Å². The lowest BCUT2D eigenvalue weighted by Crippen LogP contribution is -2.01. The van der Waals surface area contributed by atoms with Crippen LogP contribution in [0.15, 0.2) is 42.5 Å². The molecule has 0 saturated heterocycles. The lowest BCUT2D eigenvalue weighted by molar-refractivity contribution is -0.0498. The molecule has 1 nitrogen and oxygen atoms in total. The second-order valence-corrected chi connectivity index (χ2v) is 3.84. The molecule has 0 bridgehead atoms. The van der Waals surface area contributed by atoms with Gasteiger partial charge in [-0.15, -0.1) is 0 Å². The summed E-state index contributed by atoms with van der Waals surface area (Å²) in [6, 6.07) is 9.91. The number of ether oxygens (including phenoxy) is 1. The van der Waals surface area contributed by atoms with Gasteiger partial charge < -0.3 is 4.74 Å². The number of hydrogen-bond donors (Lipinski definition) is 0. The molecule has 0 amide bonds. The van der Waals surface area contributed by atoms with E-state index in [-0.39, 0.29) is 11.3 Å². The molecule has 0 saturated carbocycles. The van der Waals surface area contributed by atoms with Crippen LogP contribution in [0.25, 0.3) is 11.1 Å². The summed E-state index contributed by atoms with van der Waals surface area (Å²) in [5.74, 6) is -0.574. The second-order valence-electron chi connectivity index (χ2n) is 3.84. The first kappa shape index (κ1) is 13.4. The first-order valence-electron chi connectivity index (χ1n) is 5.50. The number of hydrogen-bond acceptors (Lipinski definition) is 1.